The number of rotatable bonds is 6. The van der Waals surface area contributed by atoms with Crippen LogP contribution in [0, 0.1) is 13.8 Å². The number of carbonyl (C=O) groups is 2. The molecule has 1 fully saturated rings. The second-order valence-corrected chi connectivity index (χ2v) is 7.51. The van der Waals surface area contributed by atoms with Gasteiger partial charge in [0.1, 0.15) is 6.04 Å². The number of aromatic nitrogens is 1. The van der Waals surface area contributed by atoms with Crippen molar-refractivity contribution in [1.29, 1.82) is 0 Å². The standard InChI is InChI=1S/C22H29N3O2/c1-4-7-20(23-8-5-6-9-23)22(27)25-11-10-24(21(26)16-25)15-19-13-17(2)12-18(3)14-19/h5-6,8-9,12-14,20H,4,7,10-11,15-16H2,1-3H3/t20-/m1/s1. The molecule has 0 aliphatic carbocycles. The first kappa shape index (κ1) is 19.2. The number of aryl methyl sites for hydroxylation is 2. The van der Waals surface area contributed by atoms with Gasteiger partial charge in [-0.3, -0.25) is 9.59 Å². The van der Waals surface area contributed by atoms with Crippen LogP contribution in [0.15, 0.2) is 42.7 Å². The summed E-state index contributed by atoms with van der Waals surface area (Å²) in [6.45, 7) is 8.19. The number of nitrogens with zero attached hydrogens (tertiary/aromatic N) is 3. The van der Waals surface area contributed by atoms with E-state index in [2.05, 4.69) is 39.0 Å². The third-order valence-electron chi connectivity index (χ3n) is 5.12. The summed E-state index contributed by atoms with van der Waals surface area (Å²) in [5, 5.41) is 0. The molecule has 1 aliphatic heterocycles. The summed E-state index contributed by atoms with van der Waals surface area (Å²) in [7, 11) is 0. The van der Waals surface area contributed by atoms with Crippen LogP contribution in [0.2, 0.25) is 0 Å². The average Bonchev–Trinajstić information content (AvgIpc) is 3.14. The number of carbonyl (C=O) groups excluding carboxylic acids is 2. The summed E-state index contributed by atoms with van der Waals surface area (Å²) in [4.78, 5) is 29.3. The Kier molecular flexibility index (Phi) is 5.99. The Bertz CT molecular complexity index is 778. The summed E-state index contributed by atoms with van der Waals surface area (Å²) in [6.07, 6.45) is 5.56. The minimum atomic E-state index is -0.219. The largest absolute Gasteiger partial charge is 0.342 e. The maximum atomic E-state index is 13.0. The van der Waals surface area contributed by atoms with Gasteiger partial charge in [-0.05, 0) is 38.0 Å². The molecule has 0 spiro atoms. The van der Waals surface area contributed by atoms with E-state index in [1.54, 1.807) is 4.90 Å². The van der Waals surface area contributed by atoms with Crippen LogP contribution >= 0.6 is 0 Å². The minimum absolute atomic E-state index is 0.0245. The highest BCUT2D eigenvalue weighted by Gasteiger charge is 2.31. The monoisotopic (exact) mass is 367 g/mol. The van der Waals surface area contributed by atoms with E-state index in [0.717, 1.165) is 18.4 Å². The molecule has 27 heavy (non-hydrogen) atoms. The lowest BCUT2D eigenvalue weighted by Gasteiger charge is -2.36. The van der Waals surface area contributed by atoms with Crippen molar-refractivity contribution >= 4 is 11.8 Å². The predicted octanol–water partition coefficient (Wildman–Crippen LogP) is 3.32. The first-order valence-corrected chi connectivity index (χ1v) is 9.74. The molecule has 1 aromatic carbocycles. The van der Waals surface area contributed by atoms with E-state index in [9.17, 15) is 9.59 Å². The van der Waals surface area contributed by atoms with Gasteiger partial charge in [-0.2, -0.15) is 0 Å². The van der Waals surface area contributed by atoms with Crippen molar-refractivity contribution in [1.82, 2.24) is 14.4 Å². The average molecular weight is 367 g/mol. The molecule has 144 valence electrons. The first-order chi connectivity index (χ1) is 13.0. The van der Waals surface area contributed by atoms with Crippen LogP contribution in [0.25, 0.3) is 0 Å². The lowest BCUT2D eigenvalue weighted by Crippen LogP contribution is -2.53. The van der Waals surface area contributed by atoms with E-state index in [1.165, 1.54) is 11.1 Å². The molecule has 1 aromatic heterocycles. The van der Waals surface area contributed by atoms with Crippen LogP contribution in [0.5, 0.6) is 0 Å². The fraction of sp³-hybridized carbons (Fsp3) is 0.455. The molecule has 0 bridgehead atoms. The second-order valence-electron chi connectivity index (χ2n) is 7.51. The van der Waals surface area contributed by atoms with Crippen LogP contribution in [0.1, 0.15) is 42.5 Å². The fourth-order valence-corrected chi connectivity index (χ4v) is 3.88. The number of piperazine rings is 1. The summed E-state index contributed by atoms with van der Waals surface area (Å²) < 4.78 is 1.96. The number of hydrogen-bond donors (Lipinski definition) is 0. The first-order valence-electron chi connectivity index (χ1n) is 9.74. The van der Waals surface area contributed by atoms with Crippen molar-refractivity contribution in [3.63, 3.8) is 0 Å². The molecule has 2 amide bonds. The number of amides is 2. The zero-order valence-electron chi connectivity index (χ0n) is 16.5. The molecule has 0 radical (unpaired) electrons. The van der Waals surface area contributed by atoms with Gasteiger partial charge in [0.05, 0.1) is 6.54 Å². The van der Waals surface area contributed by atoms with E-state index < -0.39 is 0 Å². The van der Waals surface area contributed by atoms with Gasteiger partial charge >= 0.3 is 0 Å². The van der Waals surface area contributed by atoms with Crippen molar-refractivity contribution in [3.8, 4) is 0 Å². The molecular formula is C22H29N3O2. The van der Waals surface area contributed by atoms with Crippen LogP contribution in [-0.4, -0.2) is 45.8 Å². The molecule has 2 aromatic rings. The third kappa shape index (κ3) is 4.59. The molecule has 2 heterocycles. The van der Waals surface area contributed by atoms with Crippen LogP contribution < -0.4 is 0 Å². The summed E-state index contributed by atoms with van der Waals surface area (Å²) in [5.41, 5.74) is 3.57. The second kappa shape index (κ2) is 8.42. The Balaban J connectivity index is 1.65. The number of benzene rings is 1. The van der Waals surface area contributed by atoms with Crippen LogP contribution in [-0.2, 0) is 16.1 Å². The highest BCUT2D eigenvalue weighted by atomic mass is 16.2. The summed E-state index contributed by atoms with van der Waals surface area (Å²) in [5.74, 6) is 0.0731. The Labute approximate surface area is 161 Å². The van der Waals surface area contributed by atoms with Gasteiger partial charge in [-0.25, -0.2) is 0 Å². The SMILES string of the molecule is CCC[C@H](C(=O)N1CCN(Cc2cc(C)cc(C)c2)C(=O)C1)n1cccc1. The lowest BCUT2D eigenvalue weighted by atomic mass is 10.1. The van der Waals surface area contributed by atoms with Gasteiger partial charge < -0.3 is 14.4 Å². The van der Waals surface area contributed by atoms with Gasteiger partial charge in [0.25, 0.3) is 0 Å². The van der Waals surface area contributed by atoms with Crippen LogP contribution in [0.3, 0.4) is 0 Å². The highest BCUT2D eigenvalue weighted by Crippen LogP contribution is 2.20. The van der Waals surface area contributed by atoms with Crippen molar-refractivity contribution in [2.45, 2.75) is 46.2 Å². The Morgan fingerprint density at radius 3 is 2.33 bits per heavy atom. The fourth-order valence-electron chi connectivity index (χ4n) is 3.88. The van der Waals surface area contributed by atoms with Crippen molar-refractivity contribution < 1.29 is 9.59 Å². The maximum absolute atomic E-state index is 13.0. The minimum Gasteiger partial charge on any atom is -0.342 e. The molecular weight excluding hydrogens is 338 g/mol. The van der Waals surface area contributed by atoms with E-state index in [1.807, 2.05) is 34.0 Å². The van der Waals surface area contributed by atoms with Gasteiger partial charge in [-0.15, -0.1) is 0 Å². The maximum Gasteiger partial charge on any atom is 0.246 e. The Hall–Kier alpha value is -2.56. The van der Waals surface area contributed by atoms with Crippen molar-refractivity contribution in [3.05, 3.63) is 59.4 Å². The van der Waals surface area contributed by atoms with E-state index >= 15 is 0 Å². The molecule has 3 rings (SSSR count). The smallest absolute Gasteiger partial charge is 0.246 e. The molecule has 1 aliphatic rings. The molecule has 1 saturated heterocycles. The summed E-state index contributed by atoms with van der Waals surface area (Å²) >= 11 is 0. The van der Waals surface area contributed by atoms with E-state index in [0.29, 0.717) is 19.6 Å². The lowest BCUT2D eigenvalue weighted by molar-refractivity contribution is -0.147. The molecule has 5 heteroatoms. The molecule has 0 unspecified atom stereocenters. The van der Waals surface area contributed by atoms with E-state index in [4.69, 9.17) is 0 Å². The van der Waals surface area contributed by atoms with Gasteiger partial charge in [0, 0.05) is 32.0 Å². The molecule has 0 saturated carbocycles. The highest BCUT2D eigenvalue weighted by molar-refractivity contribution is 5.87. The Morgan fingerprint density at radius 2 is 1.74 bits per heavy atom. The van der Waals surface area contributed by atoms with Gasteiger partial charge in [-0.1, -0.05) is 42.7 Å². The van der Waals surface area contributed by atoms with Gasteiger partial charge in [0.15, 0.2) is 0 Å². The third-order valence-corrected chi connectivity index (χ3v) is 5.12. The van der Waals surface area contributed by atoms with Gasteiger partial charge in [0.2, 0.25) is 11.8 Å². The molecule has 1 atom stereocenters. The van der Waals surface area contributed by atoms with E-state index in [-0.39, 0.29) is 24.4 Å². The van der Waals surface area contributed by atoms with Crippen molar-refractivity contribution in [2.75, 3.05) is 19.6 Å². The molecule has 5 nitrogen and oxygen atoms in total. The zero-order valence-corrected chi connectivity index (χ0v) is 16.5. The number of hydrogen-bond acceptors (Lipinski definition) is 2. The van der Waals surface area contributed by atoms with Crippen LogP contribution in [0.4, 0.5) is 0 Å². The summed E-state index contributed by atoms with van der Waals surface area (Å²) in [6, 6.07) is 10.0. The van der Waals surface area contributed by atoms with Crippen molar-refractivity contribution in [2.24, 2.45) is 0 Å². The quantitative estimate of drug-likeness (QED) is 0.786. The normalized spacial score (nSPS) is 15.9. The topological polar surface area (TPSA) is 45.6 Å². The zero-order chi connectivity index (χ0) is 19.4. The molecule has 0 N–H and O–H groups in total. The Morgan fingerprint density at radius 1 is 1.07 bits per heavy atom. The predicted molar refractivity (Wildman–Crippen MR) is 106 cm³/mol.